The zero-order chi connectivity index (χ0) is 29.4. The first-order valence-electron chi connectivity index (χ1n) is 13.3. The number of nitrogens with one attached hydrogen (secondary N) is 2. The predicted octanol–water partition coefficient (Wildman–Crippen LogP) is 3.14. The van der Waals surface area contributed by atoms with Gasteiger partial charge in [0.15, 0.2) is 17.4 Å². The summed E-state index contributed by atoms with van der Waals surface area (Å²) in [6.07, 6.45) is 1.21. The Hall–Kier alpha value is -2.52. The van der Waals surface area contributed by atoms with Gasteiger partial charge in [-0.1, -0.05) is 11.6 Å². The number of carbonyl (C=O) groups is 2. The second kappa shape index (κ2) is 14.6. The lowest BCUT2D eigenvalue weighted by Gasteiger charge is -2.38. The van der Waals surface area contributed by atoms with Crippen molar-refractivity contribution in [2.75, 3.05) is 59.5 Å². The summed E-state index contributed by atoms with van der Waals surface area (Å²) < 4.78 is 43.2. The molecule has 224 valence electrons. The standard InChI is InChI=1S/C27H34ClF2N5O5S/c1-33-8-10-34(11-9-33)12-13-39-16-20-6-7-27(17-31-18-36,26(37)32-38)35(20)41-22-14-23(29)25(24(30)15-22)40-21-4-2-19(28)3-5-21/h2-5,14-15,18,20,38H,6-13,16-17H2,1H3,(H,31,36)(H,32,37). The van der Waals surface area contributed by atoms with Crippen molar-refractivity contribution in [2.24, 2.45) is 0 Å². The van der Waals surface area contributed by atoms with Crippen LogP contribution < -0.4 is 15.5 Å². The molecule has 0 aliphatic carbocycles. The number of carbonyl (C=O) groups excluding carboxylic acids is 2. The third-order valence-corrected chi connectivity index (χ3v) is 8.86. The molecular formula is C27H34ClF2N5O5S. The first-order chi connectivity index (χ1) is 19.8. The topological polar surface area (TPSA) is 107 Å². The van der Waals surface area contributed by atoms with E-state index in [1.54, 1.807) is 9.79 Å². The van der Waals surface area contributed by atoms with E-state index in [1.807, 2.05) is 0 Å². The van der Waals surface area contributed by atoms with Crippen LogP contribution in [0.15, 0.2) is 41.3 Å². The van der Waals surface area contributed by atoms with Crippen LogP contribution in [0, 0.1) is 11.6 Å². The molecule has 14 heteroatoms. The van der Waals surface area contributed by atoms with E-state index in [9.17, 15) is 14.8 Å². The molecule has 0 saturated carbocycles. The van der Waals surface area contributed by atoms with Crippen LogP contribution in [0.5, 0.6) is 11.5 Å². The number of hydrogen-bond donors (Lipinski definition) is 3. The van der Waals surface area contributed by atoms with Gasteiger partial charge in [0, 0.05) is 55.2 Å². The monoisotopic (exact) mass is 613 g/mol. The molecule has 2 aliphatic heterocycles. The lowest BCUT2D eigenvalue weighted by Crippen LogP contribution is -2.59. The van der Waals surface area contributed by atoms with Crippen molar-refractivity contribution in [3.05, 3.63) is 53.1 Å². The molecular weight excluding hydrogens is 580 g/mol. The number of rotatable bonds is 13. The molecule has 0 aromatic heterocycles. The van der Waals surface area contributed by atoms with Crippen molar-refractivity contribution in [2.45, 2.75) is 29.3 Å². The number of piperazine rings is 1. The average Bonchev–Trinajstić information content (AvgIpc) is 3.31. The molecule has 2 aromatic carbocycles. The Morgan fingerprint density at radius 1 is 1.20 bits per heavy atom. The number of hydroxylamine groups is 1. The van der Waals surface area contributed by atoms with E-state index in [-0.39, 0.29) is 36.3 Å². The fraction of sp³-hybridized carbons (Fsp3) is 0.481. The van der Waals surface area contributed by atoms with Gasteiger partial charge in [0.05, 0.1) is 13.2 Å². The molecule has 2 amide bonds. The first-order valence-corrected chi connectivity index (χ1v) is 14.4. The van der Waals surface area contributed by atoms with Crippen molar-refractivity contribution < 1.29 is 33.1 Å². The number of nitrogens with zero attached hydrogens (tertiary/aromatic N) is 3. The summed E-state index contributed by atoms with van der Waals surface area (Å²) in [5, 5.41) is 12.5. The van der Waals surface area contributed by atoms with E-state index < -0.39 is 28.8 Å². The summed E-state index contributed by atoms with van der Waals surface area (Å²) in [6.45, 7) is 5.24. The Kier molecular flexibility index (Phi) is 11.2. The van der Waals surface area contributed by atoms with E-state index in [2.05, 4.69) is 22.2 Å². The SMILES string of the molecule is CN1CCN(CCOCC2CCC(CNC=O)(C(=O)NO)N2Sc2cc(F)c(Oc3ccc(Cl)cc3)c(F)c2)CC1. The Bertz CT molecular complexity index is 1170. The number of amides is 2. The summed E-state index contributed by atoms with van der Waals surface area (Å²) >= 11 is 6.82. The predicted molar refractivity (Wildman–Crippen MR) is 150 cm³/mol. The van der Waals surface area contributed by atoms with Gasteiger partial charge in [0.25, 0.3) is 5.91 Å². The Morgan fingerprint density at radius 3 is 2.51 bits per heavy atom. The van der Waals surface area contributed by atoms with Gasteiger partial charge in [-0.3, -0.25) is 19.7 Å². The zero-order valence-electron chi connectivity index (χ0n) is 22.7. The molecule has 2 unspecified atom stereocenters. The van der Waals surface area contributed by atoms with E-state index >= 15 is 8.78 Å². The molecule has 41 heavy (non-hydrogen) atoms. The van der Waals surface area contributed by atoms with E-state index in [4.69, 9.17) is 21.1 Å². The van der Waals surface area contributed by atoms with Gasteiger partial charge in [0.1, 0.15) is 11.3 Å². The van der Waals surface area contributed by atoms with Crippen LogP contribution in [0.2, 0.25) is 5.02 Å². The van der Waals surface area contributed by atoms with Gasteiger partial charge in [-0.15, -0.1) is 0 Å². The molecule has 2 aliphatic rings. The van der Waals surface area contributed by atoms with Gasteiger partial charge in [-0.05, 0) is 68.2 Å². The van der Waals surface area contributed by atoms with Gasteiger partial charge in [-0.2, -0.15) is 0 Å². The molecule has 10 nitrogen and oxygen atoms in total. The molecule has 3 N–H and O–H groups in total. The molecule has 0 radical (unpaired) electrons. The lowest BCUT2D eigenvalue weighted by molar-refractivity contribution is -0.138. The highest BCUT2D eigenvalue weighted by molar-refractivity contribution is 7.97. The molecule has 2 saturated heterocycles. The molecule has 2 heterocycles. The third kappa shape index (κ3) is 7.86. The van der Waals surface area contributed by atoms with Crippen LogP contribution in [0.3, 0.4) is 0 Å². The quantitative estimate of drug-likeness (QED) is 0.103. The van der Waals surface area contributed by atoms with Gasteiger partial charge < -0.3 is 19.7 Å². The summed E-state index contributed by atoms with van der Waals surface area (Å²) in [4.78, 5) is 28.9. The Labute approximate surface area is 247 Å². The Balaban J connectivity index is 1.50. The maximum absolute atomic E-state index is 15.1. The largest absolute Gasteiger partial charge is 0.451 e. The maximum atomic E-state index is 15.1. The van der Waals surface area contributed by atoms with Gasteiger partial charge in [-0.25, -0.2) is 18.6 Å². The highest BCUT2D eigenvalue weighted by atomic mass is 35.5. The van der Waals surface area contributed by atoms with Gasteiger partial charge in [0.2, 0.25) is 6.41 Å². The Morgan fingerprint density at radius 2 is 1.88 bits per heavy atom. The fourth-order valence-electron chi connectivity index (χ4n) is 4.98. The molecule has 4 rings (SSSR count). The number of ether oxygens (including phenoxy) is 2. The number of benzene rings is 2. The van der Waals surface area contributed by atoms with Crippen LogP contribution in [0.4, 0.5) is 8.78 Å². The van der Waals surface area contributed by atoms with Crippen LogP contribution in [0.1, 0.15) is 12.8 Å². The van der Waals surface area contributed by atoms with Crippen molar-refractivity contribution >= 4 is 35.9 Å². The minimum absolute atomic E-state index is 0.129. The number of hydrogen-bond acceptors (Lipinski definition) is 9. The summed E-state index contributed by atoms with van der Waals surface area (Å²) in [5.41, 5.74) is 0.299. The zero-order valence-corrected chi connectivity index (χ0v) is 24.2. The normalized spacial score (nSPS) is 22.0. The second-order valence-electron chi connectivity index (χ2n) is 10.1. The molecule has 2 aromatic rings. The van der Waals surface area contributed by atoms with Crippen molar-refractivity contribution in [1.82, 2.24) is 24.9 Å². The van der Waals surface area contributed by atoms with Crippen LogP contribution in [-0.2, 0) is 14.3 Å². The van der Waals surface area contributed by atoms with Crippen LogP contribution in [0.25, 0.3) is 0 Å². The molecule has 2 fully saturated rings. The van der Waals surface area contributed by atoms with Crippen molar-refractivity contribution in [3.63, 3.8) is 0 Å². The second-order valence-corrected chi connectivity index (χ2v) is 11.6. The smallest absolute Gasteiger partial charge is 0.266 e. The minimum Gasteiger partial charge on any atom is -0.451 e. The van der Waals surface area contributed by atoms with E-state index in [0.29, 0.717) is 24.5 Å². The minimum atomic E-state index is -1.39. The average molecular weight is 614 g/mol. The summed E-state index contributed by atoms with van der Waals surface area (Å²) in [6, 6.07) is 7.92. The molecule has 0 bridgehead atoms. The fourth-order valence-corrected chi connectivity index (χ4v) is 6.37. The number of likely N-dealkylation sites (N-methyl/N-ethyl adjacent to an activating group) is 1. The highest BCUT2D eigenvalue weighted by Gasteiger charge is 2.52. The first kappa shape index (κ1) is 31.4. The summed E-state index contributed by atoms with van der Waals surface area (Å²) in [7, 11) is 2.09. The van der Waals surface area contributed by atoms with E-state index in [1.165, 1.54) is 24.3 Å². The van der Waals surface area contributed by atoms with Crippen molar-refractivity contribution in [3.8, 4) is 11.5 Å². The maximum Gasteiger partial charge on any atom is 0.266 e. The number of halogens is 3. The highest BCUT2D eigenvalue weighted by Crippen LogP contribution is 2.44. The van der Waals surface area contributed by atoms with E-state index in [0.717, 1.165) is 56.8 Å². The lowest BCUT2D eigenvalue weighted by atomic mass is 9.96. The van der Waals surface area contributed by atoms with Crippen molar-refractivity contribution in [1.29, 1.82) is 0 Å². The third-order valence-electron chi connectivity index (χ3n) is 7.31. The molecule has 2 atom stereocenters. The molecule has 0 spiro atoms. The van der Waals surface area contributed by atoms with Crippen LogP contribution >= 0.6 is 23.5 Å². The van der Waals surface area contributed by atoms with Gasteiger partial charge >= 0.3 is 0 Å². The summed E-state index contributed by atoms with van der Waals surface area (Å²) in [5.74, 6) is -3.00. The van der Waals surface area contributed by atoms with Crippen LogP contribution in [-0.4, -0.2) is 103 Å².